The summed E-state index contributed by atoms with van der Waals surface area (Å²) in [6.45, 7) is 5.65. The first-order valence-electron chi connectivity index (χ1n) is 6.64. The standard InChI is InChI=1S/C14H22N4O2/c1-10(2)15-17-13(19)14(20)18-16-11(3)9-12-7-5-4-6-8-12/h4-8,10-11,15-16H,9H2,1-3H3,(H,17,19)(H,18,20). The van der Waals surface area contributed by atoms with Crippen molar-refractivity contribution in [1.82, 2.24) is 21.7 Å². The molecule has 0 saturated carbocycles. The average Bonchev–Trinajstić information content (AvgIpc) is 2.43. The highest BCUT2D eigenvalue weighted by Crippen LogP contribution is 2.01. The lowest BCUT2D eigenvalue weighted by Gasteiger charge is -2.15. The molecule has 0 aliphatic rings. The number of carbonyl (C=O) groups excluding carboxylic acids is 2. The molecule has 1 aromatic rings. The van der Waals surface area contributed by atoms with E-state index in [4.69, 9.17) is 0 Å². The Morgan fingerprint density at radius 3 is 2.05 bits per heavy atom. The van der Waals surface area contributed by atoms with Crippen molar-refractivity contribution in [2.75, 3.05) is 0 Å². The lowest BCUT2D eigenvalue weighted by molar-refractivity contribution is -0.140. The number of amides is 2. The van der Waals surface area contributed by atoms with Gasteiger partial charge in [0.1, 0.15) is 0 Å². The molecule has 0 aromatic heterocycles. The van der Waals surface area contributed by atoms with Gasteiger partial charge in [-0.2, -0.15) is 0 Å². The molecule has 4 N–H and O–H groups in total. The summed E-state index contributed by atoms with van der Waals surface area (Å²) in [5.74, 6) is -1.45. The van der Waals surface area contributed by atoms with Crippen LogP contribution in [0.5, 0.6) is 0 Å². The second-order valence-electron chi connectivity index (χ2n) is 4.94. The maximum absolute atomic E-state index is 11.5. The number of rotatable bonds is 6. The van der Waals surface area contributed by atoms with E-state index in [1.807, 2.05) is 51.1 Å². The predicted molar refractivity (Wildman–Crippen MR) is 77.3 cm³/mol. The Balaban J connectivity index is 2.28. The van der Waals surface area contributed by atoms with Gasteiger partial charge in [-0.1, -0.05) is 30.3 Å². The molecule has 6 nitrogen and oxygen atoms in total. The molecular formula is C14H22N4O2. The van der Waals surface area contributed by atoms with E-state index in [1.54, 1.807) is 0 Å². The van der Waals surface area contributed by atoms with Gasteiger partial charge in [0, 0.05) is 12.1 Å². The second-order valence-corrected chi connectivity index (χ2v) is 4.94. The fraction of sp³-hybridized carbons (Fsp3) is 0.429. The molecule has 20 heavy (non-hydrogen) atoms. The van der Waals surface area contributed by atoms with Gasteiger partial charge < -0.3 is 0 Å². The molecule has 0 spiro atoms. The van der Waals surface area contributed by atoms with Crippen molar-refractivity contribution in [1.29, 1.82) is 0 Å². The first kappa shape index (κ1) is 16.1. The van der Waals surface area contributed by atoms with Crippen molar-refractivity contribution >= 4 is 11.8 Å². The summed E-state index contributed by atoms with van der Waals surface area (Å²) in [5.41, 5.74) is 11.3. The van der Waals surface area contributed by atoms with Gasteiger partial charge >= 0.3 is 11.8 Å². The van der Waals surface area contributed by atoms with Crippen LogP contribution in [0.2, 0.25) is 0 Å². The van der Waals surface area contributed by atoms with Gasteiger partial charge in [0.2, 0.25) is 0 Å². The number of hydrazine groups is 2. The van der Waals surface area contributed by atoms with Crippen molar-refractivity contribution in [2.45, 2.75) is 39.3 Å². The van der Waals surface area contributed by atoms with E-state index in [9.17, 15) is 9.59 Å². The molecule has 1 rings (SSSR count). The monoisotopic (exact) mass is 278 g/mol. The van der Waals surface area contributed by atoms with Crippen LogP contribution in [0.15, 0.2) is 30.3 Å². The summed E-state index contributed by atoms with van der Waals surface area (Å²) in [6, 6.07) is 9.99. The summed E-state index contributed by atoms with van der Waals surface area (Å²) in [5, 5.41) is 0. The minimum absolute atomic E-state index is 0.0206. The fourth-order valence-electron chi connectivity index (χ4n) is 1.53. The summed E-state index contributed by atoms with van der Waals surface area (Å²) in [7, 11) is 0. The highest BCUT2D eigenvalue weighted by atomic mass is 16.2. The van der Waals surface area contributed by atoms with Crippen LogP contribution in [0.3, 0.4) is 0 Å². The molecule has 0 aliphatic heterocycles. The zero-order valence-corrected chi connectivity index (χ0v) is 12.1. The Morgan fingerprint density at radius 2 is 1.50 bits per heavy atom. The third-order valence-corrected chi connectivity index (χ3v) is 2.50. The Bertz CT molecular complexity index is 434. The van der Waals surface area contributed by atoms with E-state index in [-0.39, 0.29) is 12.1 Å². The lowest BCUT2D eigenvalue weighted by atomic mass is 10.1. The topological polar surface area (TPSA) is 82.3 Å². The minimum Gasteiger partial charge on any atom is -0.283 e. The van der Waals surface area contributed by atoms with E-state index in [2.05, 4.69) is 21.7 Å². The highest BCUT2D eigenvalue weighted by Gasteiger charge is 2.14. The van der Waals surface area contributed by atoms with Gasteiger partial charge in [-0.25, -0.2) is 10.9 Å². The van der Waals surface area contributed by atoms with Crippen LogP contribution in [0.4, 0.5) is 0 Å². The van der Waals surface area contributed by atoms with E-state index in [0.29, 0.717) is 0 Å². The third kappa shape index (κ3) is 6.31. The third-order valence-electron chi connectivity index (χ3n) is 2.50. The molecular weight excluding hydrogens is 256 g/mol. The molecule has 1 unspecified atom stereocenters. The number of nitrogens with one attached hydrogen (secondary N) is 4. The van der Waals surface area contributed by atoms with Crippen molar-refractivity contribution in [3.05, 3.63) is 35.9 Å². The molecule has 6 heteroatoms. The van der Waals surface area contributed by atoms with E-state index in [0.717, 1.165) is 12.0 Å². The van der Waals surface area contributed by atoms with Crippen LogP contribution in [0.25, 0.3) is 0 Å². The zero-order chi connectivity index (χ0) is 15.0. The summed E-state index contributed by atoms with van der Waals surface area (Å²) in [6.07, 6.45) is 0.757. The normalized spacial score (nSPS) is 12.0. The molecule has 1 atom stereocenters. The maximum Gasteiger partial charge on any atom is 0.324 e. The smallest absolute Gasteiger partial charge is 0.283 e. The van der Waals surface area contributed by atoms with Gasteiger partial charge in [-0.3, -0.25) is 20.4 Å². The first-order valence-corrected chi connectivity index (χ1v) is 6.64. The molecule has 0 fully saturated rings. The largest absolute Gasteiger partial charge is 0.324 e. The predicted octanol–water partition coefficient (Wildman–Crippen LogP) is 0.268. The van der Waals surface area contributed by atoms with Crippen molar-refractivity contribution < 1.29 is 9.59 Å². The molecule has 0 radical (unpaired) electrons. The Morgan fingerprint density at radius 1 is 0.950 bits per heavy atom. The molecule has 0 bridgehead atoms. The fourth-order valence-corrected chi connectivity index (χ4v) is 1.53. The summed E-state index contributed by atoms with van der Waals surface area (Å²) < 4.78 is 0. The molecule has 0 aliphatic carbocycles. The van der Waals surface area contributed by atoms with Crippen LogP contribution >= 0.6 is 0 Å². The van der Waals surface area contributed by atoms with Crippen LogP contribution in [-0.2, 0) is 16.0 Å². The number of carbonyl (C=O) groups is 2. The molecule has 0 heterocycles. The van der Waals surface area contributed by atoms with E-state index in [1.165, 1.54) is 0 Å². The minimum atomic E-state index is -0.724. The van der Waals surface area contributed by atoms with Gasteiger partial charge in [-0.05, 0) is 32.8 Å². The Kier molecular flexibility index (Phi) is 6.69. The van der Waals surface area contributed by atoms with E-state index < -0.39 is 11.8 Å². The quantitative estimate of drug-likeness (QED) is 0.445. The number of hydrogen-bond donors (Lipinski definition) is 4. The first-order chi connectivity index (χ1) is 9.49. The van der Waals surface area contributed by atoms with Gasteiger partial charge in [0.25, 0.3) is 0 Å². The van der Waals surface area contributed by atoms with Gasteiger partial charge in [0.15, 0.2) is 0 Å². The number of hydrogen-bond acceptors (Lipinski definition) is 4. The van der Waals surface area contributed by atoms with Gasteiger partial charge in [-0.15, -0.1) is 0 Å². The molecule has 110 valence electrons. The summed E-state index contributed by atoms with van der Waals surface area (Å²) in [4.78, 5) is 22.9. The van der Waals surface area contributed by atoms with Crippen molar-refractivity contribution in [3.8, 4) is 0 Å². The maximum atomic E-state index is 11.5. The van der Waals surface area contributed by atoms with Gasteiger partial charge in [0.05, 0.1) is 0 Å². The average molecular weight is 278 g/mol. The Hall–Kier alpha value is -1.92. The Labute approximate surface area is 119 Å². The molecule has 1 aromatic carbocycles. The molecule has 0 saturated heterocycles. The van der Waals surface area contributed by atoms with E-state index >= 15 is 0 Å². The zero-order valence-electron chi connectivity index (χ0n) is 12.1. The van der Waals surface area contributed by atoms with Crippen LogP contribution in [-0.4, -0.2) is 23.9 Å². The van der Waals surface area contributed by atoms with Crippen LogP contribution < -0.4 is 21.7 Å². The van der Waals surface area contributed by atoms with Crippen LogP contribution in [0, 0.1) is 0 Å². The second kappa shape index (κ2) is 8.29. The van der Waals surface area contributed by atoms with Crippen molar-refractivity contribution in [2.24, 2.45) is 0 Å². The molecule has 2 amide bonds. The SMILES string of the molecule is CC(C)NNC(=O)C(=O)NNC(C)Cc1ccccc1. The lowest BCUT2D eigenvalue weighted by Crippen LogP contribution is -2.53. The van der Waals surface area contributed by atoms with Crippen molar-refractivity contribution in [3.63, 3.8) is 0 Å². The number of benzene rings is 1. The highest BCUT2D eigenvalue weighted by molar-refractivity contribution is 6.34. The van der Waals surface area contributed by atoms with Crippen LogP contribution in [0.1, 0.15) is 26.3 Å². The summed E-state index contributed by atoms with van der Waals surface area (Å²) >= 11 is 0.